The number of hydrogen-bond donors (Lipinski definition) is 2. The third-order valence-electron chi connectivity index (χ3n) is 6.10. The molecule has 164 valence electrons. The van der Waals surface area contributed by atoms with Gasteiger partial charge in [-0.2, -0.15) is 0 Å². The van der Waals surface area contributed by atoms with Crippen molar-refractivity contribution in [3.8, 4) is 0 Å². The molecule has 0 amide bonds. The highest BCUT2D eigenvalue weighted by atomic mass is 16.3. The number of aliphatic hydroxyl groups is 2. The van der Waals surface area contributed by atoms with Crippen molar-refractivity contribution in [1.29, 1.82) is 0 Å². The lowest BCUT2D eigenvalue weighted by molar-refractivity contribution is 0.278. The average Bonchev–Trinajstić information content (AvgIpc) is 2.80. The van der Waals surface area contributed by atoms with Crippen molar-refractivity contribution < 1.29 is 10.2 Å². The first-order valence-corrected chi connectivity index (χ1v) is 11.7. The van der Waals surface area contributed by atoms with E-state index in [1.54, 1.807) is 0 Å². The standard InChI is InChI=1S/C28H40O2/c1-24(20-21-28(19-11-23-30)26-15-6-3-7-16-26)12-8-9-17-27(18-10-22-29)25-13-4-2-5-14-25/h2-7,12-16,27-30H,8-11,17-23H2,1H3/b24-12+. The number of unbranched alkanes of at least 4 members (excludes halogenated alkanes) is 1. The SMILES string of the molecule is C/C(=C\CCCC(CCCO)c1ccccc1)CCC(CCCO)c1ccccc1. The minimum atomic E-state index is 0.275. The molecule has 0 fully saturated rings. The zero-order valence-corrected chi connectivity index (χ0v) is 18.7. The molecule has 0 spiro atoms. The van der Waals surface area contributed by atoms with Gasteiger partial charge < -0.3 is 10.2 Å². The number of allylic oxidation sites excluding steroid dienone is 2. The summed E-state index contributed by atoms with van der Waals surface area (Å²) in [7, 11) is 0. The molecule has 0 aliphatic rings. The number of rotatable bonds is 15. The smallest absolute Gasteiger partial charge is 0.0431 e. The number of aliphatic hydroxyl groups excluding tert-OH is 2. The fourth-order valence-electron chi connectivity index (χ4n) is 4.30. The van der Waals surface area contributed by atoms with E-state index in [0.29, 0.717) is 11.8 Å². The molecular weight excluding hydrogens is 368 g/mol. The molecule has 0 aliphatic carbocycles. The van der Waals surface area contributed by atoms with Crippen LogP contribution in [-0.4, -0.2) is 23.4 Å². The molecule has 0 radical (unpaired) electrons. The first-order valence-electron chi connectivity index (χ1n) is 11.7. The second-order valence-electron chi connectivity index (χ2n) is 8.47. The van der Waals surface area contributed by atoms with Crippen LogP contribution in [0.5, 0.6) is 0 Å². The van der Waals surface area contributed by atoms with Gasteiger partial charge in [-0.25, -0.2) is 0 Å². The molecule has 2 rings (SSSR count). The largest absolute Gasteiger partial charge is 0.396 e. The van der Waals surface area contributed by atoms with Gasteiger partial charge in [-0.15, -0.1) is 0 Å². The zero-order chi connectivity index (χ0) is 21.4. The second kappa shape index (κ2) is 15.0. The molecule has 0 aromatic heterocycles. The first-order chi connectivity index (χ1) is 14.7. The third kappa shape index (κ3) is 9.28. The molecule has 2 heteroatoms. The lowest BCUT2D eigenvalue weighted by Gasteiger charge is -2.18. The minimum Gasteiger partial charge on any atom is -0.396 e. The van der Waals surface area contributed by atoms with Crippen LogP contribution < -0.4 is 0 Å². The molecule has 2 aromatic rings. The van der Waals surface area contributed by atoms with Crippen molar-refractivity contribution in [2.75, 3.05) is 13.2 Å². The van der Waals surface area contributed by atoms with Gasteiger partial charge in [0.15, 0.2) is 0 Å². The Kier molecular flexibility index (Phi) is 12.2. The van der Waals surface area contributed by atoms with Gasteiger partial charge in [0, 0.05) is 13.2 Å². The molecule has 2 aromatic carbocycles. The minimum absolute atomic E-state index is 0.275. The van der Waals surface area contributed by atoms with E-state index < -0.39 is 0 Å². The second-order valence-corrected chi connectivity index (χ2v) is 8.47. The third-order valence-corrected chi connectivity index (χ3v) is 6.10. The average molecular weight is 409 g/mol. The van der Waals surface area contributed by atoms with Crippen LogP contribution in [0.25, 0.3) is 0 Å². The molecule has 0 aliphatic heterocycles. The van der Waals surface area contributed by atoms with Gasteiger partial charge >= 0.3 is 0 Å². The Morgan fingerprint density at radius 1 is 0.700 bits per heavy atom. The van der Waals surface area contributed by atoms with Crippen LogP contribution in [-0.2, 0) is 0 Å². The Labute approximate surface area is 183 Å². The van der Waals surface area contributed by atoms with Crippen molar-refractivity contribution in [2.45, 2.75) is 76.5 Å². The number of hydrogen-bond acceptors (Lipinski definition) is 2. The first kappa shape index (κ1) is 24.4. The van der Waals surface area contributed by atoms with E-state index in [9.17, 15) is 10.2 Å². The van der Waals surface area contributed by atoms with E-state index in [-0.39, 0.29) is 13.2 Å². The van der Waals surface area contributed by atoms with E-state index in [4.69, 9.17) is 0 Å². The normalized spacial score (nSPS) is 13.9. The summed E-state index contributed by atoms with van der Waals surface area (Å²) >= 11 is 0. The Morgan fingerprint density at radius 2 is 1.17 bits per heavy atom. The van der Waals surface area contributed by atoms with Crippen molar-refractivity contribution in [3.05, 3.63) is 83.4 Å². The highest BCUT2D eigenvalue weighted by Crippen LogP contribution is 2.29. The van der Waals surface area contributed by atoms with Crippen LogP contribution in [0.15, 0.2) is 72.3 Å². The van der Waals surface area contributed by atoms with Crippen LogP contribution in [0.4, 0.5) is 0 Å². The highest BCUT2D eigenvalue weighted by molar-refractivity contribution is 5.20. The molecule has 30 heavy (non-hydrogen) atoms. The molecule has 2 N–H and O–H groups in total. The summed E-state index contributed by atoms with van der Waals surface area (Å²) in [6, 6.07) is 21.5. The molecular formula is C28H40O2. The molecule has 0 saturated heterocycles. The van der Waals surface area contributed by atoms with Crippen molar-refractivity contribution in [2.24, 2.45) is 0 Å². The molecule has 0 saturated carbocycles. The molecule has 0 bridgehead atoms. The van der Waals surface area contributed by atoms with Crippen molar-refractivity contribution in [3.63, 3.8) is 0 Å². The predicted octanol–water partition coefficient (Wildman–Crippen LogP) is 7.00. The monoisotopic (exact) mass is 408 g/mol. The van der Waals surface area contributed by atoms with Crippen molar-refractivity contribution >= 4 is 0 Å². The van der Waals surface area contributed by atoms with Crippen LogP contribution >= 0.6 is 0 Å². The summed E-state index contributed by atoms with van der Waals surface area (Å²) in [6.45, 7) is 2.81. The fourth-order valence-corrected chi connectivity index (χ4v) is 4.30. The van der Waals surface area contributed by atoms with Gasteiger partial charge in [0.1, 0.15) is 0 Å². The molecule has 2 nitrogen and oxygen atoms in total. The molecule has 2 atom stereocenters. The summed E-state index contributed by atoms with van der Waals surface area (Å²) in [5, 5.41) is 18.5. The summed E-state index contributed by atoms with van der Waals surface area (Å²) in [5.74, 6) is 1.08. The summed E-state index contributed by atoms with van der Waals surface area (Å²) < 4.78 is 0. The van der Waals surface area contributed by atoms with Gasteiger partial charge in [-0.3, -0.25) is 0 Å². The Bertz CT molecular complexity index is 693. The van der Waals surface area contributed by atoms with E-state index in [1.165, 1.54) is 29.5 Å². The maximum atomic E-state index is 9.24. The maximum absolute atomic E-state index is 9.24. The van der Waals surface area contributed by atoms with E-state index >= 15 is 0 Å². The van der Waals surface area contributed by atoms with Gasteiger partial charge in [0.25, 0.3) is 0 Å². The van der Waals surface area contributed by atoms with Gasteiger partial charge in [-0.05, 0) is 87.7 Å². The topological polar surface area (TPSA) is 40.5 Å². The van der Waals surface area contributed by atoms with Crippen LogP contribution in [0.2, 0.25) is 0 Å². The van der Waals surface area contributed by atoms with Crippen LogP contribution in [0.3, 0.4) is 0 Å². The van der Waals surface area contributed by atoms with E-state index in [2.05, 4.69) is 73.7 Å². The van der Waals surface area contributed by atoms with Crippen LogP contribution in [0, 0.1) is 0 Å². The lowest BCUT2D eigenvalue weighted by Crippen LogP contribution is -2.01. The number of benzene rings is 2. The lowest BCUT2D eigenvalue weighted by atomic mass is 9.88. The fraction of sp³-hybridized carbons (Fsp3) is 0.500. The van der Waals surface area contributed by atoms with Gasteiger partial charge in [-0.1, -0.05) is 72.3 Å². The Hall–Kier alpha value is -1.90. The summed E-state index contributed by atoms with van der Waals surface area (Å²) in [4.78, 5) is 0. The van der Waals surface area contributed by atoms with E-state index in [0.717, 1.165) is 44.9 Å². The predicted molar refractivity (Wildman–Crippen MR) is 128 cm³/mol. The molecule has 2 unspecified atom stereocenters. The van der Waals surface area contributed by atoms with Gasteiger partial charge in [0.2, 0.25) is 0 Å². The quantitative estimate of drug-likeness (QED) is 0.246. The summed E-state index contributed by atoms with van der Waals surface area (Å²) in [6.07, 6.45) is 12.0. The van der Waals surface area contributed by atoms with Gasteiger partial charge in [0.05, 0.1) is 0 Å². The van der Waals surface area contributed by atoms with Crippen LogP contribution in [0.1, 0.15) is 87.7 Å². The van der Waals surface area contributed by atoms with Crippen molar-refractivity contribution in [1.82, 2.24) is 0 Å². The summed E-state index contributed by atoms with van der Waals surface area (Å²) in [5.41, 5.74) is 4.28. The zero-order valence-electron chi connectivity index (χ0n) is 18.7. The molecule has 0 heterocycles. The Balaban J connectivity index is 1.80. The van der Waals surface area contributed by atoms with E-state index in [1.807, 2.05) is 0 Å². The maximum Gasteiger partial charge on any atom is 0.0431 e. The highest BCUT2D eigenvalue weighted by Gasteiger charge is 2.12. The Morgan fingerprint density at radius 3 is 1.67 bits per heavy atom.